The van der Waals surface area contributed by atoms with Gasteiger partial charge in [-0.25, -0.2) is 4.39 Å². The molecule has 1 amide bonds. The van der Waals surface area contributed by atoms with Gasteiger partial charge in [-0.15, -0.1) is 13.2 Å². The Morgan fingerprint density at radius 1 is 1.26 bits per heavy atom. The van der Waals surface area contributed by atoms with Crippen molar-refractivity contribution < 1.29 is 27.1 Å². The van der Waals surface area contributed by atoms with Crippen LogP contribution in [0.1, 0.15) is 37.5 Å². The first-order valence-corrected chi connectivity index (χ1v) is 10.2. The lowest BCUT2D eigenvalue weighted by Gasteiger charge is -2.22. The monoisotopic (exact) mass is 475 g/mol. The molecule has 2 aromatic carbocycles. The number of carbonyl (C=O) groups excluding carboxylic acids is 1. The van der Waals surface area contributed by atoms with Gasteiger partial charge >= 0.3 is 6.36 Å². The van der Waals surface area contributed by atoms with Crippen LogP contribution in [0.5, 0.6) is 5.75 Å². The van der Waals surface area contributed by atoms with Crippen LogP contribution >= 0.6 is 0 Å². The Morgan fingerprint density at radius 2 is 1.91 bits per heavy atom. The summed E-state index contributed by atoms with van der Waals surface area (Å²) in [6.07, 6.45) is -3.89. The summed E-state index contributed by atoms with van der Waals surface area (Å²) in [7, 11) is 1.62. The van der Waals surface area contributed by atoms with Crippen molar-refractivity contribution in [2.24, 2.45) is 0 Å². The molecule has 0 spiro atoms. The van der Waals surface area contributed by atoms with E-state index in [-0.39, 0.29) is 17.7 Å². The van der Waals surface area contributed by atoms with Crippen LogP contribution in [0.15, 0.2) is 36.9 Å². The van der Waals surface area contributed by atoms with E-state index in [1.807, 2.05) is 13.8 Å². The molecule has 0 fully saturated rings. The molecule has 5 nitrogen and oxygen atoms in total. The number of halogens is 4. The molecule has 180 valence electrons. The Balaban J connectivity index is 0.00000281. The average Bonchev–Trinajstić information content (AvgIpc) is 2.78. The van der Waals surface area contributed by atoms with Crippen LogP contribution in [0, 0.1) is 36.0 Å². The topological polar surface area (TPSA) is 65.4 Å². The van der Waals surface area contributed by atoms with E-state index in [0.717, 1.165) is 18.2 Å². The zero-order chi connectivity index (χ0) is 26.1. The smallest absolute Gasteiger partial charge is 0.406 e. The first-order valence-electron chi connectivity index (χ1n) is 10.2. The van der Waals surface area contributed by atoms with Crippen LogP contribution in [0.4, 0.5) is 23.2 Å². The van der Waals surface area contributed by atoms with Crippen molar-refractivity contribution in [1.29, 1.82) is 5.26 Å². The highest BCUT2D eigenvalue weighted by Gasteiger charge is 2.31. The number of nitrogens with zero attached hydrogens (tertiary/aromatic N) is 2. The molecule has 0 aromatic heterocycles. The fourth-order valence-electron chi connectivity index (χ4n) is 3.17. The number of nitrogens with one attached hydrogen (secondary N) is 1. The predicted molar refractivity (Wildman–Crippen MR) is 123 cm³/mol. The molecule has 0 heterocycles. The number of amides is 1. The molecule has 0 unspecified atom stereocenters. The molecule has 0 aliphatic heterocycles. The predicted octanol–water partition coefficient (Wildman–Crippen LogP) is 5.82. The number of hydrogen-bond acceptors (Lipinski definition) is 4. The molecule has 0 aliphatic rings. The van der Waals surface area contributed by atoms with Crippen LogP contribution in [-0.2, 0) is 11.3 Å². The Hall–Kier alpha value is -3.98. The number of ether oxygens (including phenoxy) is 1. The highest BCUT2D eigenvalue weighted by Crippen LogP contribution is 2.38. The molecular weight excluding hydrogens is 450 g/mol. The Labute approximate surface area is 196 Å². The summed E-state index contributed by atoms with van der Waals surface area (Å²) in [6.45, 7) is 10.6. The van der Waals surface area contributed by atoms with E-state index >= 15 is 0 Å². The van der Waals surface area contributed by atoms with Crippen molar-refractivity contribution in [3.63, 3.8) is 0 Å². The first-order chi connectivity index (χ1) is 16.0. The highest BCUT2D eigenvalue weighted by atomic mass is 19.4. The maximum absolute atomic E-state index is 14.8. The number of hydrogen-bond donors (Lipinski definition) is 1. The number of alkyl halides is 3. The number of anilines is 1. The molecule has 2 aromatic rings. The molecular formula is C25H25F4N3O2. The number of benzene rings is 2. The summed E-state index contributed by atoms with van der Waals surface area (Å²) in [4.78, 5) is 13.1. The zero-order valence-corrected chi connectivity index (χ0v) is 19.5. The van der Waals surface area contributed by atoms with Crippen LogP contribution in [0.25, 0.3) is 11.1 Å². The normalized spacial score (nSPS) is 10.0. The summed E-state index contributed by atoms with van der Waals surface area (Å²) < 4.78 is 56.0. The van der Waals surface area contributed by atoms with Gasteiger partial charge in [0.05, 0.1) is 11.3 Å². The second kappa shape index (κ2) is 12.3. The van der Waals surface area contributed by atoms with Crippen molar-refractivity contribution in [3.05, 3.63) is 59.4 Å². The van der Waals surface area contributed by atoms with E-state index in [1.54, 1.807) is 20.9 Å². The minimum absolute atomic E-state index is 0.00285. The van der Waals surface area contributed by atoms with E-state index < -0.39 is 23.8 Å². The third kappa shape index (κ3) is 7.01. The molecule has 2 rings (SSSR count). The summed E-state index contributed by atoms with van der Waals surface area (Å²) in [6, 6.07) is 9.19. The van der Waals surface area contributed by atoms with Gasteiger partial charge in [-0.05, 0) is 54.8 Å². The van der Waals surface area contributed by atoms with Gasteiger partial charge in [0.2, 0.25) is 5.91 Å². The molecule has 34 heavy (non-hydrogen) atoms. The van der Waals surface area contributed by atoms with E-state index in [1.165, 1.54) is 11.0 Å². The van der Waals surface area contributed by atoms with Crippen LogP contribution < -0.4 is 15.0 Å². The lowest BCUT2D eigenvalue weighted by molar-refractivity contribution is -0.274. The van der Waals surface area contributed by atoms with Crippen molar-refractivity contribution in [2.45, 2.75) is 40.6 Å². The van der Waals surface area contributed by atoms with Crippen LogP contribution in [0.2, 0.25) is 0 Å². The van der Waals surface area contributed by atoms with Gasteiger partial charge in [-0.2, -0.15) is 5.26 Å². The molecule has 1 N–H and O–H groups in total. The van der Waals surface area contributed by atoms with Crippen LogP contribution in [-0.4, -0.2) is 19.3 Å². The minimum Gasteiger partial charge on any atom is -0.406 e. The van der Waals surface area contributed by atoms with Crippen molar-refractivity contribution >= 4 is 11.6 Å². The third-order valence-electron chi connectivity index (χ3n) is 4.47. The number of carbonyl (C=O) groups is 1. The lowest BCUT2D eigenvalue weighted by atomic mass is 9.91. The fourth-order valence-corrected chi connectivity index (χ4v) is 3.17. The van der Waals surface area contributed by atoms with Crippen molar-refractivity contribution in [1.82, 2.24) is 5.32 Å². The summed E-state index contributed by atoms with van der Waals surface area (Å²) in [5, 5.41) is 12.3. The van der Waals surface area contributed by atoms with Gasteiger partial charge in [0.15, 0.2) is 0 Å². The van der Waals surface area contributed by atoms with E-state index in [0.29, 0.717) is 28.4 Å². The molecule has 0 saturated heterocycles. The SMILES string of the molecule is C=CC(=O)NCc1cc(-c2ccc(OC(F)(F)F)cc2F)c(C)c(N(C)C#CC)c1C#N.CC. The van der Waals surface area contributed by atoms with Crippen molar-refractivity contribution in [3.8, 4) is 34.9 Å². The molecule has 9 heteroatoms. The quantitative estimate of drug-likeness (QED) is 0.248. The molecule has 0 radical (unpaired) electrons. The Bertz CT molecular complexity index is 1160. The molecule has 0 saturated carbocycles. The van der Waals surface area contributed by atoms with Gasteiger partial charge in [-0.1, -0.05) is 26.3 Å². The van der Waals surface area contributed by atoms with E-state index in [9.17, 15) is 27.6 Å². The molecule has 0 bridgehead atoms. The maximum Gasteiger partial charge on any atom is 0.573 e. The maximum atomic E-state index is 14.8. The fraction of sp³-hybridized carbons (Fsp3) is 0.280. The standard InChI is InChI=1S/C23H19F4N3O2.C2H6/c1-5-9-30(4)22-14(3)18(10-15(19(22)12-28)13-29-21(31)6-2)17-8-7-16(11-20(17)24)32-23(25,26)27;1-2/h6-8,10-11H,2,13H2,1,3-4H3,(H,29,31);1-2H3. The van der Waals surface area contributed by atoms with Gasteiger partial charge in [-0.3, -0.25) is 4.79 Å². The largest absolute Gasteiger partial charge is 0.573 e. The Kier molecular flexibility index (Phi) is 10.2. The molecule has 0 aliphatic carbocycles. The lowest BCUT2D eigenvalue weighted by Crippen LogP contribution is -2.22. The average molecular weight is 475 g/mol. The Morgan fingerprint density at radius 3 is 2.41 bits per heavy atom. The zero-order valence-electron chi connectivity index (χ0n) is 19.5. The van der Waals surface area contributed by atoms with Gasteiger partial charge < -0.3 is 15.0 Å². The van der Waals surface area contributed by atoms with Crippen molar-refractivity contribution in [2.75, 3.05) is 11.9 Å². The number of nitriles is 1. The van der Waals surface area contributed by atoms with Crippen LogP contribution in [0.3, 0.4) is 0 Å². The summed E-state index contributed by atoms with van der Waals surface area (Å²) in [5.41, 5.74) is 1.78. The van der Waals surface area contributed by atoms with Gasteiger partial charge in [0.1, 0.15) is 17.6 Å². The van der Waals surface area contributed by atoms with E-state index in [2.05, 4.69) is 34.7 Å². The molecule has 0 atom stereocenters. The summed E-state index contributed by atoms with van der Waals surface area (Å²) in [5.74, 6) is 0.592. The second-order valence-electron chi connectivity index (χ2n) is 6.58. The highest BCUT2D eigenvalue weighted by molar-refractivity contribution is 5.87. The minimum atomic E-state index is -4.95. The first kappa shape index (κ1) is 28.1. The van der Waals surface area contributed by atoms with Gasteiger partial charge in [0, 0.05) is 31.3 Å². The number of rotatable bonds is 6. The third-order valence-corrected chi connectivity index (χ3v) is 4.47. The van der Waals surface area contributed by atoms with Gasteiger partial charge in [0.25, 0.3) is 0 Å². The van der Waals surface area contributed by atoms with E-state index in [4.69, 9.17) is 0 Å². The second-order valence-corrected chi connectivity index (χ2v) is 6.58. The summed E-state index contributed by atoms with van der Waals surface area (Å²) >= 11 is 0.